The van der Waals surface area contributed by atoms with E-state index in [1.807, 2.05) is 48.2 Å². The average Bonchev–Trinajstić information content (AvgIpc) is 2.77. The van der Waals surface area contributed by atoms with E-state index in [1.54, 1.807) is 12.1 Å². The lowest BCUT2D eigenvalue weighted by Crippen LogP contribution is -2.48. The minimum atomic E-state index is -0.178. The molecule has 0 unspecified atom stereocenters. The van der Waals surface area contributed by atoms with Crippen LogP contribution >= 0.6 is 11.6 Å². The van der Waals surface area contributed by atoms with Crippen LogP contribution < -0.4 is 15.0 Å². The highest BCUT2D eigenvalue weighted by Crippen LogP contribution is 2.20. The van der Waals surface area contributed by atoms with Crippen molar-refractivity contribution < 1.29 is 14.3 Å². The first-order valence-corrected chi connectivity index (χ1v) is 10.7. The van der Waals surface area contributed by atoms with Gasteiger partial charge in [-0.3, -0.25) is 9.59 Å². The van der Waals surface area contributed by atoms with Gasteiger partial charge < -0.3 is 19.9 Å². The van der Waals surface area contributed by atoms with Crippen molar-refractivity contribution in [3.05, 3.63) is 59.1 Å². The molecule has 2 aromatic carbocycles. The fourth-order valence-corrected chi connectivity index (χ4v) is 3.62. The zero-order valence-corrected chi connectivity index (χ0v) is 18.0. The molecule has 160 valence electrons. The Kier molecular flexibility index (Phi) is 7.97. The third-order valence-electron chi connectivity index (χ3n) is 5.11. The van der Waals surface area contributed by atoms with Gasteiger partial charge in [0.15, 0.2) is 0 Å². The van der Waals surface area contributed by atoms with Gasteiger partial charge in [-0.15, -0.1) is 0 Å². The van der Waals surface area contributed by atoms with Gasteiger partial charge in [-0.1, -0.05) is 23.7 Å². The number of nitrogens with zero attached hydrogens (tertiary/aromatic N) is 2. The van der Waals surface area contributed by atoms with Crippen LogP contribution in [0.2, 0.25) is 5.02 Å². The van der Waals surface area contributed by atoms with E-state index in [-0.39, 0.29) is 11.8 Å². The fourth-order valence-electron chi connectivity index (χ4n) is 3.50. The molecular formula is C23H28ClN3O3. The van der Waals surface area contributed by atoms with Gasteiger partial charge in [-0.05, 0) is 49.7 Å². The lowest BCUT2D eigenvalue weighted by atomic mass is 10.2. The smallest absolute Gasteiger partial charge is 0.255 e. The summed E-state index contributed by atoms with van der Waals surface area (Å²) in [6.07, 6.45) is 1.03. The predicted molar refractivity (Wildman–Crippen MR) is 119 cm³/mol. The number of benzene rings is 2. The molecule has 1 N–H and O–H groups in total. The van der Waals surface area contributed by atoms with E-state index in [2.05, 4.69) is 10.2 Å². The van der Waals surface area contributed by atoms with E-state index >= 15 is 0 Å². The van der Waals surface area contributed by atoms with Gasteiger partial charge >= 0.3 is 0 Å². The van der Waals surface area contributed by atoms with Gasteiger partial charge in [-0.25, -0.2) is 0 Å². The molecule has 0 bridgehead atoms. The zero-order valence-electron chi connectivity index (χ0n) is 17.3. The number of rotatable bonds is 8. The van der Waals surface area contributed by atoms with Crippen molar-refractivity contribution >= 4 is 29.1 Å². The minimum absolute atomic E-state index is 0.134. The van der Waals surface area contributed by atoms with Crippen molar-refractivity contribution in [2.75, 3.05) is 44.2 Å². The molecule has 1 saturated heterocycles. The number of ether oxygens (including phenoxy) is 1. The van der Waals surface area contributed by atoms with Crippen LogP contribution in [0.4, 0.5) is 5.69 Å². The van der Waals surface area contributed by atoms with Gasteiger partial charge in [0.1, 0.15) is 5.75 Å². The lowest BCUT2D eigenvalue weighted by Gasteiger charge is -2.36. The summed E-state index contributed by atoms with van der Waals surface area (Å²) in [6, 6.07) is 15.0. The topological polar surface area (TPSA) is 61.9 Å². The van der Waals surface area contributed by atoms with E-state index in [9.17, 15) is 9.59 Å². The summed E-state index contributed by atoms with van der Waals surface area (Å²) in [4.78, 5) is 29.0. The molecule has 3 rings (SSSR count). The van der Waals surface area contributed by atoms with Crippen molar-refractivity contribution in [1.82, 2.24) is 10.2 Å². The number of hydrogen-bond donors (Lipinski definition) is 1. The molecule has 0 radical (unpaired) electrons. The molecular weight excluding hydrogens is 402 g/mol. The summed E-state index contributed by atoms with van der Waals surface area (Å²) in [5, 5.41) is 3.60. The van der Waals surface area contributed by atoms with Crippen LogP contribution in [0.3, 0.4) is 0 Å². The first-order valence-electron chi connectivity index (χ1n) is 10.4. The summed E-state index contributed by atoms with van der Waals surface area (Å²) in [5.41, 5.74) is 1.64. The molecule has 30 heavy (non-hydrogen) atoms. The fraction of sp³-hybridized carbons (Fsp3) is 0.391. The zero-order chi connectivity index (χ0) is 21.3. The Hall–Kier alpha value is -2.73. The maximum atomic E-state index is 12.5. The maximum absolute atomic E-state index is 12.5. The molecule has 0 aliphatic carbocycles. The minimum Gasteiger partial charge on any atom is -0.493 e. The Morgan fingerprint density at radius 1 is 1.03 bits per heavy atom. The van der Waals surface area contributed by atoms with Crippen LogP contribution in [0.1, 0.15) is 30.1 Å². The second-order valence-corrected chi connectivity index (χ2v) is 7.57. The molecule has 0 atom stereocenters. The Balaban J connectivity index is 1.38. The normalized spacial score (nSPS) is 13.8. The van der Waals surface area contributed by atoms with E-state index in [0.29, 0.717) is 50.4 Å². The number of amides is 2. The molecule has 0 spiro atoms. The van der Waals surface area contributed by atoms with Crippen LogP contribution in [0.25, 0.3) is 0 Å². The maximum Gasteiger partial charge on any atom is 0.255 e. The molecule has 0 aromatic heterocycles. The summed E-state index contributed by atoms with van der Waals surface area (Å²) >= 11 is 5.95. The van der Waals surface area contributed by atoms with Crippen LogP contribution in [0, 0.1) is 0 Å². The van der Waals surface area contributed by atoms with Crippen LogP contribution in [0.15, 0.2) is 48.5 Å². The molecule has 7 heteroatoms. The number of piperazine rings is 1. The molecule has 1 aliphatic rings. The van der Waals surface area contributed by atoms with Crippen molar-refractivity contribution in [3.63, 3.8) is 0 Å². The van der Waals surface area contributed by atoms with E-state index in [0.717, 1.165) is 23.8 Å². The Morgan fingerprint density at radius 3 is 2.43 bits per heavy atom. The van der Waals surface area contributed by atoms with Gasteiger partial charge in [0.25, 0.3) is 5.91 Å². The van der Waals surface area contributed by atoms with Crippen molar-refractivity contribution in [3.8, 4) is 5.75 Å². The van der Waals surface area contributed by atoms with Gasteiger partial charge in [0.2, 0.25) is 5.91 Å². The highest BCUT2D eigenvalue weighted by Gasteiger charge is 2.21. The summed E-state index contributed by atoms with van der Waals surface area (Å²) < 4.78 is 5.50. The monoisotopic (exact) mass is 429 g/mol. The molecule has 1 fully saturated rings. The van der Waals surface area contributed by atoms with E-state index in [4.69, 9.17) is 16.3 Å². The van der Waals surface area contributed by atoms with Gasteiger partial charge in [0, 0.05) is 49.9 Å². The number of carbonyl (C=O) groups is 2. The second-order valence-electron chi connectivity index (χ2n) is 7.13. The van der Waals surface area contributed by atoms with Crippen LogP contribution in [-0.4, -0.2) is 56.0 Å². The highest BCUT2D eigenvalue weighted by atomic mass is 35.5. The third kappa shape index (κ3) is 5.89. The number of para-hydroxylation sites is 1. The third-order valence-corrected chi connectivity index (χ3v) is 5.36. The largest absolute Gasteiger partial charge is 0.493 e. The number of carbonyl (C=O) groups excluding carboxylic acids is 2. The second kappa shape index (κ2) is 10.9. The van der Waals surface area contributed by atoms with Gasteiger partial charge in [0.05, 0.1) is 12.2 Å². The molecule has 1 aliphatic heterocycles. The van der Waals surface area contributed by atoms with Crippen LogP contribution in [-0.2, 0) is 4.79 Å². The Bertz CT molecular complexity index is 849. The number of hydrogen-bond acceptors (Lipinski definition) is 4. The van der Waals surface area contributed by atoms with Gasteiger partial charge in [-0.2, -0.15) is 0 Å². The first kappa shape index (κ1) is 22.0. The van der Waals surface area contributed by atoms with Crippen molar-refractivity contribution in [1.29, 1.82) is 0 Å². The standard InChI is InChI=1S/C23H28ClN3O3/c1-2-30-21-7-4-3-6-20(21)23(29)25-13-5-8-22(28)27-16-14-26(15-17-27)19-11-9-18(24)10-12-19/h3-4,6-7,9-12H,2,5,8,13-17H2,1H3,(H,25,29). The Morgan fingerprint density at radius 2 is 1.73 bits per heavy atom. The summed E-state index contributed by atoms with van der Waals surface area (Å²) in [7, 11) is 0. The average molecular weight is 430 g/mol. The predicted octanol–water partition coefficient (Wildman–Crippen LogP) is 3.60. The van der Waals surface area contributed by atoms with E-state index in [1.165, 1.54) is 0 Å². The highest BCUT2D eigenvalue weighted by molar-refractivity contribution is 6.30. The molecule has 2 amide bonds. The summed E-state index contributed by atoms with van der Waals surface area (Å²) in [6.45, 7) is 5.86. The molecule has 6 nitrogen and oxygen atoms in total. The van der Waals surface area contributed by atoms with E-state index < -0.39 is 0 Å². The van der Waals surface area contributed by atoms with Crippen LogP contribution in [0.5, 0.6) is 5.75 Å². The van der Waals surface area contributed by atoms with Crippen molar-refractivity contribution in [2.45, 2.75) is 19.8 Å². The molecule has 1 heterocycles. The molecule has 2 aromatic rings. The quantitative estimate of drug-likeness (QED) is 0.651. The van der Waals surface area contributed by atoms with Crippen molar-refractivity contribution in [2.24, 2.45) is 0 Å². The number of nitrogens with one attached hydrogen (secondary N) is 1. The SMILES string of the molecule is CCOc1ccccc1C(=O)NCCCC(=O)N1CCN(c2ccc(Cl)cc2)CC1. The lowest BCUT2D eigenvalue weighted by molar-refractivity contribution is -0.131. The number of anilines is 1. The molecule has 0 saturated carbocycles. The first-order chi connectivity index (χ1) is 14.6. The summed E-state index contributed by atoms with van der Waals surface area (Å²) in [5.74, 6) is 0.532. The Labute approximate surface area is 182 Å². The number of halogens is 1.